The fraction of sp³-hybridized carbons (Fsp3) is 0.286. The van der Waals surface area contributed by atoms with Gasteiger partial charge in [0.25, 0.3) is 0 Å². The Bertz CT molecular complexity index is 1020. The zero-order valence-corrected chi connectivity index (χ0v) is 17.5. The van der Waals surface area contributed by atoms with Crippen molar-refractivity contribution in [3.8, 4) is 11.1 Å². The molecule has 2 aliphatic carbocycles. The van der Waals surface area contributed by atoms with Crippen molar-refractivity contribution in [1.82, 2.24) is 0 Å². The Balaban J connectivity index is 1.66. The van der Waals surface area contributed by atoms with Crippen LogP contribution in [-0.4, -0.2) is 0 Å². The van der Waals surface area contributed by atoms with Gasteiger partial charge in [-0.15, -0.1) is 0 Å². The third kappa shape index (κ3) is 3.83. The van der Waals surface area contributed by atoms with E-state index in [1.165, 1.54) is 57.4 Å². The maximum absolute atomic E-state index is 2.37. The van der Waals surface area contributed by atoms with Gasteiger partial charge >= 0.3 is 0 Å². The molecule has 0 heteroatoms. The van der Waals surface area contributed by atoms with E-state index in [0.717, 1.165) is 6.42 Å². The molecule has 0 aromatic heterocycles. The zero-order chi connectivity index (χ0) is 19.7. The summed E-state index contributed by atoms with van der Waals surface area (Å²) in [5, 5.41) is 0. The summed E-state index contributed by atoms with van der Waals surface area (Å²) in [7, 11) is 0. The van der Waals surface area contributed by atoms with E-state index in [0.29, 0.717) is 0 Å². The molecule has 0 saturated heterocycles. The highest BCUT2D eigenvalue weighted by atomic mass is 14.2. The van der Waals surface area contributed by atoms with E-state index >= 15 is 0 Å². The van der Waals surface area contributed by atoms with E-state index in [1.54, 1.807) is 0 Å². The molecule has 142 valence electrons. The van der Waals surface area contributed by atoms with Gasteiger partial charge in [0.1, 0.15) is 0 Å². The van der Waals surface area contributed by atoms with E-state index in [1.807, 2.05) is 0 Å². The summed E-state index contributed by atoms with van der Waals surface area (Å²) >= 11 is 0. The van der Waals surface area contributed by atoms with Gasteiger partial charge in [0.05, 0.1) is 0 Å². The van der Waals surface area contributed by atoms with Crippen molar-refractivity contribution in [2.75, 3.05) is 0 Å². The molecule has 0 N–H and O–H groups in total. The molecule has 0 amide bonds. The summed E-state index contributed by atoms with van der Waals surface area (Å²) < 4.78 is 0. The minimum Gasteiger partial charge on any atom is -0.0836 e. The van der Waals surface area contributed by atoms with Crippen LogP contribution in [0.4, 0.5) is 0 Å². The molecule has 0 saturated carbocycles. The molecular formula is C28H30. The molecule has 0 radical (unpaired) electrons. The smallest absolute Gasteiger partial charge is 0.0137 e. The molecule has 0 heterocycles. The first-order valence-corrected chi connectivity index (χ1v) is 10.4. The third-order valence-electron chi connectivity index (χ3n) is 6.04. The van der Waals surface area contributed by atoms with Crippen molar-refractivity contribution in [1.29, 1.82) is 0 Å². The maximum atomic E-state index is 2.37. The normalized spacial score (nSPS) is 18.4. The van der Waals surface area contributed by atoms with Crippen molar-refractivity contribution < 1.29 is 0 Å². The SMILES string of the molecule is CC1=C(c2ccc(-c3cccc(C4=CCC(C)(C)C=C4)c3)cc2C)C=CCC1. The predicted octanol–water partition coefficient (Wildman–Crippen LogP) is 8.16. The number of hydrogen-bond acceptors (Lipinski definition) is 0. The Morgan fingerprint density at radius 3 is 2.36 bits per heavy atom. The highest BCUT2D eigenvalue weighted by Gasteiger charge is 2.17. The molecule has 2 aromatic carbocycles. The van der Waals surface area contributed by atoms with Crippen LogP contribution in [-0.2, 0) is 0 Å². The molecule has 0 fully saturated rings. The van der Waals surface area contributed by atoms with Gasteiger partial charge in [0, 0.05) is 0 Å². The number of aryl methyl sites for hydroxylation is 1. The molecule has 2 aliphatic rings. The second-order valence-electron chi connectivity index (χ2n) is 8.93. The average Bonchev–Trinajstić information content (AvgIpc) is 2.69. The summed E-state index contributed by atoms with van der Waals surface area (Å²) in [6.07, 6.45) is 15.0. The molecule has 0 aliphatic heterocycles. The monoisotopic (exact) mass is 366 g/mol. The van der Waals surface area contributed by atoms with Crippen molar-refractivity contribution in [3.63, 3.8) is 0 Å². The summed E-state index contributed by atoms with van der Waals surface area (Å²) in [6.45, 7) is 9.08. The summed E-state index contributed by atoms with van der Waals surface area (Å²) in [5.41, 5.74) is 11.1. The molecule has 0 unspecified atom stereocenters. The molecule has 28 heavy (non-hydrogen) atoms. The summed E-state index contributed by atoms with van der Waals surface area (Å²) in [5.74, 6) is 0. The van der Waals surface area contributed by atoms with Gasteiger partial charge in [-0.3, -0.25) is 0 Å². The van der Waals surface area contributed by atoms with Crippen molar-refractivity contribution in [3.05, 3.63) is 95.1 Å². The fourth-order valence-corrected chi connectivity index (χ4v) is 4.16. The number of hydrogen-bond donors (Lipinski definition) is 0. The minimum absolute atomic E-state index is 0.272. The van der Waals surface area contributed by atoms with Crippen molar-refractivity contribution in [2.45, 2.75) is 47.0 Å². The third-order valence-corrected chi connectivity index (χ3v) is 6.04. The molecule has 0 spiro atoms. The molecule has 2 aromatic rings. The van der Waals surface area contributed by atoms with Crippen LogP contribution < -0.4 is 0 Å². The van der Waals surface area contributed by atoms with Crippen LogP contribution in [0.3, 0.4) is 0 Å². The second-order valence-corrected chi connectivity index (χ2v) is 8.93. The highest BCUT2D eigenvalue weighted by molar-refractivity contribution is 5.82. The maximum Gasteiger partial charge on any atom is -0.0137 e. The van der Waals surface area contributed by atoms with Crippen LogP contribution in [0.5, 0.6) is 0 Å². The molecule has 0 bridgehead atoms. The predicted molar refractivity (Wildman–Crippen MR) is 123 cm³/mol. The van der Waals surface area contributed by atoms with Gasteiger partial charge in [-0.2, -0.15) is 0 Å². The second kappa shape index (κ2) is 7.43. The Morgan fingerprint density at radius 2 is 1.64 bits per heavy atom. The Labute approximate surface area is 170 Å². The lowest BCUT2D eigenvalue weighted by molar-refractivity contribution is 0.485. The summed E-state index contributed by atoms with van der Waals surface area (Å²) in [4.78, 5) is 0. The molecule has 4 rings (SSSR count). The quantitative estimate of drug-likeness (QED) is 0.514. The molecule has 0 nitrogen and oxygen atoms in total. The fourth-order valence-electron chi connectivity index (χ4n) is 4.16. The van der Waals surface area contributed by atoms with Crippen LogP contribution in [0.25, 0.3) is 22.3 Å². The van der Waals surface area contributed by atoms with E-state index < -0.39 is 0 Å². The van der Waals surface area contributed by atoms with Gasteiger partial charge in [-0.1, -0.05) is 86.2 Å². The lowest BCUT2D eigenvalue weighted by Gasteiger charge is -2.23. The van der Waals surface area contributed by atoms with Crippen molar-refractivity contribution in [2.24, 2.45) is 5.41 Å². The van der Waals surface area contributed by atoms with Crippen LogP contribution in [0.2, 0.25) is 0 Å². The van der Waals surface area contributed by atoms with Crippen LogP contribution >= 0.6 is 0 Å². The first-order valence-electron chi connectivity index (χ1n) is 10.4. The van der Waals surface area contributed by atoms with Gasteiger partial charge < -0.3 is 0 Å². The minimum atomic E-state index is 0.272. The van der Waals surface area contributed by atoms with Crippen LogP contribution in [0.15, 0.2) is 78.4 Å². The first-order chi connectivity index (χ1) is 13.4. The highest BCUT2D eigenvalue weighted by Crippen LogP contribution is 2.35. The Morgan fingerprint density at radius 1 is 0.857 bits per heavy atom. The number of benzene rings is 2. The Hall–Kier alpha value is -2.60. The van der Waals surface area contributed by atoms with E-state index in [2.05, 4.69) is 101 Å². The van der Waals surface area contributed by atoms with E-state index in [4.69, 9.17) is 0 Å². The van der Waals surface area contributed by atoms with Gasteiger partial charge in [0.2, 0.25) is 0 Å². The van der Waals surface area contributed by atoms with Crippen LogP contribution in [0.1, 0.15) is 56.7 Å². The largest absolute Gasteiger partial charge is 0.0836 e. The van der Waals surface area contributed by atoms with Crippen molar-refractivity contribution >= 4 is 11.1 Å². The summed E-state index contributed by atoms with van der Waals surface area (Å²) in [6, 6.07) is 15.9. The molecule has 0 atom stereocenters. The number of allylic oxidation sites excluding steroid dienone is 8. The Kier molecular flexibility index (Phi) is 4.98. The molecular weight excluding hydrogens is 336 g/mol. The van der Waals surface area contributed by atoms with E-state index in [9.17, 15) is 0 Å². The van der Waals surface area contributed by atoms with Gasteiger partial charge in [-0.05, 0) is 83.6 Å². The average molecular weight is 367 g/mol. The van der Waals surface area contributed by atoms with Gasteiger partial charge in [0.15, 0.2) is 0 Å². The lowest BCUT2D eigenvalue weighted by atomic mass is 9.82. The lowest BCUT2D eigenvalue weighted by Crippen LogP contribution is -2.08. The van der Waals surface area contributed by atoms with E-state index in [-0.39, 0.29) is 5.41 Å². The zero-order valence-electron chi connectivity index (χ0n) is 17.5. The van der Waals surface area contributed by atoms with Gasteiger partial charge in [-0.25, -0.2) is 0 Å². The number of rotatable bonds is 3. The van der Waals surface area contributed by atoms with Crippen LogP contribution in [0, 0.1) is 12.3 Å². The topological polar surface area (TPSA) is 0 Å². The first kappa shape index (κ1) is 18.7. The standard InChI is InChI=1S/C28H30/c1-20-8-5-6-11-26(20)27-13-12-25(18-21(27)2)24-10-7-9-23(19-24)22-14-16-28(3,4)17-15-22/h6-7,9-16,18-19H,5,8,17H2,1-4H3.